The number of hydrogen-bond donors (Lipinski definition) is 0. The average Bonchev–Trinajstić information content (AvgIpc) is 2.26. The second-order valence-electron chi connectivity index (χ2n) is 6.42. The summed E-state index contributed by atoms with van der Waals surface area (Å²) in [7, 11) is 0.571. The predicted molar refractivity (Wildman–Crippen MR) is 89.7 cm³/mol. The first-order valence-corrected chi connectivity index (χ1v) is 12.6. The van der Waals surface area contributed by atoms with E-state index in [-0.39, 0.29) is 0 Å². The summed E-state index contributed by atoms with van der Waals surface area (Å²) in [6.45, 7) is 14.0. The van der Waals surface area contributed by atoms with E-state index in [0.29, 0.717) is 0 Å². The highest BCUT2D eigenvalue weighted by Crippen LogP contribution is 2.17. The molecule has 2 nitrogen and oxygen atoms in total. The fraction of sp³-hybridized carbons (Fsp3) is 0.467. The maximum atomic E-state index is 6.52. The molecule has 0 aliphatic rings. The van der Waals surface area contributed by atoms with Crippen molar-refractivity contribution in [3.8, 4) is 0 Å². The van der Waals surface area contributed by atoms with Gasteiger partial charge in [-0.25, -0.2) is 0 Å². The molecule has 1 atom stereocenters. The molecule has 0 amide bonds. The van der Waals surface area contributed by atoms with Crippen molar-refractivity contribution in [1.82, 2.24) is 4.90 Å². The van der Waals surface area contributed by atoms with Crippen molar-refractivity contribution in [1.29, 1.82) is 0 Å². The minimum Gasteiger partial charge on any atom is -0.450 e. The second kappa shape index (κ2) is 6.18. The van der Waals surface area contributed by atoms with Crippen LogP contribution in [0.5, 0.6) is 0 Å². The fourth-order valence-electron chi connectivity index (χ4n) is 2.33. The molecule has 1 aromatic rings. The van der Waals surface area contributed by atoms with Crippen molar-refractivity contribution >= 4 is 21.8 Å². The van der Waals surface area contributed by atoms with Crippen molar-refractivity contribution < 1.29 is 4.12 Å². The van der Waals surface area contributed by atoms with Gasteiger partial charge < -0.3 is 9.02 Å². The molecule has 1 rings (SSSR count). The van der Waals surface area contributed by atoms with Crippen LogP contribution in [0.15, 0.2) is 36.5 Å². The van der Waals surface area contributed by atoms with Gasteiger partial charge in [-0.1, -0.05) is 30.0 Å². The molecule has 1 aromatic carbocycles. The maximum absolute atomic E-state index is 6.52. The van der Waals surface area contributed by atoms with Gasteiger partial charge in [0, 0.05) is 6.54 Å². The molecule has 0 aliphatic heterocycles. The zero-order valence-electron chi connectivity index (χ0n) is 13.2. The summed E-state index contributed by atoms with van der Waals surface area (Å²) in [5.74, 6) is 0. The minimum absolute atomic E-state index is 0.946. The van der Waals surface area contributed by atoms with Crippen molar-refractivity contribution in [3.63, 3.8) is 0 Å². The Morgan fingerprint density at radius 1 is 1.16 bits per heavy atom. The number of benzene rings is 1. The highest BCUT2D eigenvalue weighted by molar-refractivity contribution is 6.96. The Labute approximate surface area is 120 Å². The summed E-state index contributed by atoms with van der Waals surface area (Å²) < 4.78 is 6.52. The van der Waals surface area contributed by atoms with Crippen LogP contribution < -0.4 is 5.19 Å². The molecule has 0 radical (unpaired) electrons. The van der Waals surface area contributed by atoms with Gasteiger partial charge in [-0.2, -0.15) is 0 Å². The molecule has 0 saturated carbocycles. The van der Waals surface area contributed by atoms with E-state index in [1.165, 1.54) is 10.8 Å². The summed E-state index contributed by atoms with van der Waals surface area (Å²) in [6.07, 6.45) is 0. The highest BCUT2D eigenvalue weighted by Gasteiger charge is 2.35. The van der Waals surface area contributed by atoms with Crippen LogP contribution in [0.1, 0.15) is 5.56 Å². The molecule has 0 fully saturated rings. The lowest BCUT2D eigenvalue weighted by molar-refractivity contribution is 0.403. The van der Waals surface area contributed by atoms with E-state index in [2.05, 4.69) is 81.7 Å². The van der Waals surface area contributed by atoms with Gasteiger partial charge in [0.15, 0.2) is 8.32 Å². The lowest BCUT2D eigenvalue weighted by atomic mass is 10.2. The molecule has 106 valence electrons. The maximum Gasteiger partial charge on any atom is 0.234 e. The van der Waals surface area contributed by atoms with Crippen molar-refractivity contribution in [2.24, 2.45) is 0 Å². The van der Waals surface area contributed by atoms with Crippen LogP contribution in [-0.2, 0) is 10.7 Å². The number of hydrogen-bond acceptors (Lipinski definition) is 2. The van der Waals surface area contributed by atoms with Crippen LogP contribution >= 0.6 is 0 Å². The smallest absolute Gasteiger partial charge is 0.234 e. The number of rotatable bonds is 6. The van der Waals surface area contributed by atoms with Gasteiger partial charge in [-0.05, 0) is 51.0 Å². The highest BCUT2D eigenvalue weighted by atomic mass is 28.4. The van der Waals surface area contributed by atoms with E-state index in [1.54, 1.807) is 0 Å². The molecule has 1 unspecified atom stereocenters. The zero-order valence-corrected chi connectivity index (χ0v) is 15.2. The van der Waals surface area contributed by atoms with E-state index >= 15 is 0 Å². The monoisotopic (exact) mass is 293 g/mol. The Morgan fingerprint density at radius 3 is 2.21 bits per heavy atom. The lowest BCUT2D eigenvalue weighted by Gasteiger charge is -2.34. The average molecular weight is 294 g/mol. The summed E-state index contributed by atoms with van der Waals surface area (Å²) in [6, 6.07) is 8.64. The summed E-state index contributed by atoms with van der Waals surface area (Å²) >= 11 is 0. The minimum atomic E-state index is -2.05. The van der Waals surface area contributed by atoms with Crippen LogP contribution in [0.25, 0.3) is 0 Å². The Kier molecular flexibility index (Phi) is 5.32. The van der Waals surface area contributed by atoms with Gasteiger partial charge in [0.2, 0.25) is 8.32 Å². The second-order valence-corrected chi connectivity index (χ2v) is 14.6. The SMILES string of the molecule is C=C[Si](C)(O[Si](C)(C)C)c1ccccc1CN(C)C. The molecule has 4 heteroatoms. The van der Waals surface area contributed by atoms with E-state index in [0.717, 1.165) is 6.54 Å². The van der Waals surface area contributed by atoms with Crippen molar-refractivity contribution in [2.45, 2.75) is 32.7 Å². The van der Waals surface area contributed by atoms with Gasteiger partial charge in [0.25, 0.3) is 0 Å². The van der Waals surface area contributed by atoms with Crippen LogP contribution in [0.4, 0.5) is 0 Å². The number of nitrogens with zero attached hydrogens (tertiary/aromatic N) is 1. The Balaban J connectivity index is 3.21. The molecule has 0 N–H and O–H groups in total. The third kappa shape index (κ3) is 4.73. The van der Waals surface area contributed by atoms with E-state index in [1.807, 2.05) is 0 Å². The van der Waals surface area contributed by atoms with E-state index < -0.39 is 16.6 Å². The Bertz CT molecular complexity index is 440. The third-order valence-electron chi connectivity index (χ3n) is 2.95. The summed E-state index contributed by atoms with van der Waals surface area (Å²) in [4.78, 5) is 2.20. The Morgan fingerprint density at radius 2 is 1.74 bits per heavy atom. The first-order valence-electron chi connectivity index (χ1n) is 6.75. The first-order chi connectivity index (χ1) is 8.68. The Hall–Kier alpha value is -0.686. The van der Waals surface area contributed by atoms with Gasteiger partial charge in [-0.15, -0.1) is 6.58 Å². The van der Waals surface area contributed by atoms with Crippen LogP contribution in [0.3, 0.4) is 0 Å². The summed E-state index contributed by atoms with van der Waals surface area (Å²) in [5.41, 5.74) is 3.43. The van der Waals surface area contributed by atoms with E-state index in [9.17, 15) is 0 Å². The van der Waals surface area contributed by atoms with Crippen LogP contribution in [0, 0.1) is 0 Å². The molecule has 0 aliphatic carbocycles. The van der Waals surface area contributed by atoms with Crippen LogP contribution in [0.2, 0.25) is 26.2 Å². The molecule has 0 heterocycles. The van der Waals surface area contributed by atoms with Gasteiger partial charge in [-0.3, -0.25) is 0 Å². The largest absolute Gasteiger partial charge is 0.450 e. The van der Waals surface area contributed by atoms with Gasteiger partial charge in [0.1, 0.15) is 0 Å². The van der Waals surface area contributed by atoms with Crippen molar-refractivity contribution in [2.75, 3.05) is 14.1 Å². The van der Waals surface area contributed by atoms with Gasteiger partial charge >= 0.3 is 0 Å². The molecule has 0 aromatic heterocycles. The van der Waals surface area contributed by atoms with Gasteiger partial charge in [0.05, 0.1) is 0 Å². The van der Waals surface area contributed by atoms with Crippen molar-refractivity contribution in [3.05, 3.63) is 42.1 Å². The quantitative estimate of drug-likeness (QED) is 0.747. The zero-order chi connectivity index (χ0) is 14.7. The summed E-state index contributed by atoms with van der Waals surface area (Å²) in [5, 5.41) is 1.36. The lowest BCUT2D eigenvalue weighted by Crippen LogP contribution is -2.54. The first kappa shape index (κ1) is 16.4. The molecular formula is C15H27NOSi2. The third-order valence-corrected chi connectivity index (χ3v) is 9.43. The van der Waals surface area contributed by atoms with Crippen LogP contribution in [-0.4, -0.2) is 35.6 Å². The topological polar surface area (TPSA) is 12.5 Å². The molecular weight excluding hydrogens is 266 g/mol. The molecule has 19 heavy (non-hydrogen) atoms. The standard InChI is InChI=1S/C15H27NOSi2/c1-8-19(7,17-18(4,5)6)15-12-10-9-11-14(15)13-16(2)3/h8-12H,1,13H2,2-7H3. The molecule has 0 spiro atoms. The van der Waals surface area contributed by atoms with E-state index in [4.69, 9.17) is 4.12 Å². The fourth-order valence-corrected chi connectivity index (χ4v) is 9.63. The molecule has 0 bridgehead atoms. The normalized spacial score (nSPS) is 15.3. The predicted octanol–water partition coefficient (Wildman–Crippen LogP) is 3.11. The molecule has 0 saturated heterocycles.